The number of fused-ring (bicyclic) bond motifs is 14. The van der Waals surface area contributed by atoms with E-state index in [1.54, 1.807) is 0 Å². The number of aliphatic hydroxyl groups is 1. The zero-order chi connectivity index (χ0) is 40.2. The molecule has 0 spiro atoms. The van der Waals surface area contributed by atoms with Crippen molar-refractivity contribution in [3.05, 3.63) is 101 Å². The molecule has 12 bridgehead atoms. The second-order valence-corrected chi connectivity index (χ2v) is 15.4. The van der Waals surface area contributed by atoms with Gasteiger partial charge in [0.15, 0.2) is 0 Å². The third-order valence-electron chi connectivity index (χ3n) is 12.5. The average Bonchev–Trinajstić information content (AvgIpc) is 4.00. The second-order valence-electron chi connectivity index (χ2n) is 15.4. The first-order valence-corrected chi connectivity index (χ1v) is 20.3. The molecule has 10 heteroatoms. The van der Waals surface area contributed by atoms with Crippen molar-refractivity contribution in [1.29, 1.82) is 0 Å². The van der Waals surface area contributed by atoms with Gasteiger partial charge in [-0.25, -0.2) is 14.8 Å². The SMILES string of the molecule is CCC1=C(C)C2=N/C1=C\c1[nH]c(c(CCC(=O)OO)c1C)C1=N/C(=C\c3[nH]c(c(C)c3CC)-c3[nH]c(c(CC)c3C)-c3[nH]c2c(C)c3CC)C(C)=C1CCCO. The quantitative estimate of drug-likeness (QED) is 0.0704. The summed E-state index contributed by atoms with van der Waals surface area (Å²) >= 11 is 0. The van der Waals surface area contributed by atoms with E-state index in [2.05, 4.69) is 106 Å². The van der Waals surface area contributed by atoms with Crippen molar-refractivity contribution >= 4 is 29.5 Å². The largest absolute Gasteiger partial charge is 0.396 e. The van der Waals surface area contributed by atoms with Gasteiger partial charge in [0.05, 0.1) is 63.4 Å². The van der Waals surface area contributed by atoms with Crippen LogP contribution in [0.15, 0.2) is 43.7 Å². The summed E-state index contributed by atoms with van der Waals surface area (Å²) in [6, 6.07) is 0. The summed E-state index contributed by atoms with van der Waals surface area (Å²) in [5, 5.41) is 19.1. The van der Waals surface area contributed by atoms with E-state index >= 15 is 0 Å². The van der Waals surface area contributed by atoms with Gasteiger partial charge < -0.3 is 29.9 Å². The Morgan fingerprint density at radius 1 is 0.589 bits per heavy atom. The summed E-state index contributed by atoms with van der Waals surface area (Å²) in [4.78, 5) is 42.5. The van der Waals surface area contributed by atoms with Gasteiger partial charge in [0, 0.05) is 18.0 Å². The normalized spacial score (nSPS) is 16.9. The van der Waals surface area contributed by atoms with Crippen LogP contribution in [0.5, 0.6) is 0 Å². The molecule has 0 aliphatic carbocycles. The van der Waals surface area contributed by atoms with E-state index in [0.29, 0.717) is 19.3 Å². The highest BCUT2D eigenvalue weighted by Gasteiger charge is 2.31. The fourth-order valence-electron chi connectivity index (χ4n) is 9.34. The lowest BCUT2D eigenvalue weighted by Gasteiger charge is -2.09. The van der Waals surface area contributed by atoms with Gasteiger partial charge in [0.25, 0.3) is 0 Å². The first-order chi connectivity index (χ1) is 26.9. The molecule has 10 nitrogen and oxygen atoms in total. The maximum Gasteiger partial charge on any atom is 0.342 e. The van der Waals surface area contributed by atoms with Crippen LogP contribution in [-0.2, 0) is 35.4 Å². The Labute approximate surface area is 329 Å². The summed E-state index contributed by atoms with van der Waals surface area (Å²) in [6.07, 6.45) is 9.28. The molecular formula is C46H56N6O4. The van der Waals surface area contributed by atoms with Gasteiger partial charge in [-0.2, -0.15) is 5.26 Å². The van der Waals surface area contributed by atoms with E-state index < -0.39 is 5.97 Å². The van der Waals surface area contributed by atoms with Gasteiger partial charge in [-0.1, -0.05) is 27.7 Å². The fourth-order valence-corrected chi connectivity index (χ4v) is 9.34. The summed E-state index contributed by atoms with van der Waals surface area (Å²) in [7, 11) is 0. The summed E-state index contributed by atoms with van der Waals surface area (Å²) in [6.45, 7) is 21.9. The number of hydrogen-bond acceptors (Lipinski definition) is 6. The molecule has 7 heterocycles. The predicted octanol–water partition coefficient (Wildman–Crippen LogP) is 10.0. The smallest absolute Gasteiger partial charge is 0.342 e. The lowest BCUT2D eigenvalue weighted by atomic mass is 9.94. The Kier molecular flexibility index (Phi) is 10.7. The minimum atomic E-state index is -0.695. The molecule has 0 saturated carbocycles. The molecule has 0 radical (unpaired) electrons. The molecule has 0 fully saturated rings. The van der Waals surface area contributed by atoms with E-state index in [1.807, 2.05) is 0 Å². The molecule has 0 atom stereocenters. The van der Waals surface area contributed by atoms with Crippen molar-refractivity contribution in [3.8, 4) is 22.8 Å². The highest BCUT2D eigenvalue weighted by atomic mass is 17.1. The van der Waals surface area contributed by atoms with E-state index in [0.717, 1.165) is 122 Å². The Morgan fingerprint density at radius 2 is 1.16 bits per heavy atom. The van der Waals surface area contributed by atoms with E-state index in [9.17, 15) is 9.90 Å². The van der Waals surface area contributed by atoms with Crippen LogP contribution in [0.2, 0.25) is 0 Å². The van der Waals surface area contributed by atoms with Gasteiger partial charge in [-0.3, -0.25) is 0 Å². The van der Waals surface area contributed by atoms with Crippen LogP contribution >= 0.6 is 0 Å². The van der Waals surface area contributed by atoms with E-state index in [4.69, 9.17) is 15.2 Å². The molecule has 56 heavy (non-hydrogen) atoms. The first kappa shape index (κ1) is 39.1. The number of carbonyl (C=O) groups is 1. The van der Waals surface area contributed by atoms with Gasteiger partial charge in [-0.05, 0) is 165 Å². The Balaban J connectivity index is 1.58. The van der Waals surface area contributed by atoms with Crippen LogP contribution in [0.4, 0.5) is 0 Å². The standard InChI is InChI=1S/C46H56N6O4/c1-11-28-24(7)39-41-26(9)30(13-3)43(51-41)44-31(14-4)27(10)42(52-44)40-25(8)29(12-2)37(50-40)21-35-23(6)33(17-18-38(54)56-55)46(48-35)45-32(16-15-19-53)22(5)34(47-45)20-36(28)49-39/h20-21,48-49,51-53,55H,11-19H2,1-10H3/b34-20-,35-21?,36-20?,37-21-,41-39?,42-40?,44-43?,46-45?. The highest BCUT2D eigenvalue weighted by Crippen LogP contribution is 2.42. The molecule has 294 valence electrons. The number of nitrogens with zero attached hydrogens (tertiary/aromatic N) is 2. The van der Waals surface area contributed by atoms with Gasteiger partial charge >= 0.3 is 5.97 Å². The van der Waals surface area contributed by atoms with Crippen molar-refractivity contribution in [2.24, 2.45) is 9.98 Å². The number of hydrogen-bond donors (Lipinski definition) is 6. The van der Waals surface area contributed by atoms with Crippen LogP contribution in [0.25, 0.3) is 34.9 Å². The van der Waals surface area contributed by atoms with Crippen LogP contribution in [0, 0.1) is 27.7 Å². The topological polar surface area (TPSA) is 155 Å². The molecule has 4 aromatic heterocycles. The van der Waals surface area contributed by atoms with Gasteiger partial charge in [-0.15, -0.1) is 0 Å². The zero-order valence-electron chi connectivity index (χ0n) is 34.6. The summed E-state index contributed by atoms with van der Waals surface area (Å²) < 4.78 is 0. The molecule has 4 aromatic rings. The lowest BCUT2D eigenvalue weighted by molar-refractivity contribution is -0.234. The predicted molar refractivity (Wildman–Crippen MR) is 226 cm³/mol. The number of carbonyl (C=O) groups excluding carboxylic acids is 1. The Hall–Kier alpha value is -5.19. The average molecular weight is 757 g/mol. The van der Waals surface area contributed by atoms with Crippen molar-refractivity contribution in [2.75, 3.05) is 6.61 Å². The molecule has 3 aliphatic rings. The summed E-state index contributed by atoms with van der Waals surface area (Å²) in [5.74, 6) is -0.695. The first-order valence-electron chi connectivity index (χ1n) is 20.3. The molecule has 0 saturated heterocycles. The summed E-state index contributed by atoms with van der Waals surface area (Å²) in [5.41, 5.74) is 25.5. The van der Waals surface area contributed by atoms with Crippen molar-refractivity contribution < 1.29 is 20.0 Å². The Bertz CT molecular complexity index is 2460. The van der Waals surface area contributed by atoms with Crippen molar-refractivity contribution in [2.45, 2.75) is 121 Å². The maximum absolute atomic E-state index is 12.3. The monoisotopic (exact) mass is 756 g/mol. The molecule has 6 N–H and O–H groups in total. The highest BCUT2D eigenvalue weighted by molar-refractivity contribution is 6.17. The third kappa shape index (κ3) is 6.23. The molecule has 0 amide bonds. The fraction of sp³-hybridized carbons (Fsp3) is 0.413. The van der Waals surface area contributed by atoms with Crippen LogP contribution in [-0.4, -0.2) is 54.3 Å². The number of aromatic nitrogens is 4. The van der Waals surface area contributed by atoms with Crippen LogP contribution in [0.1, 0.15) is 135 Å². The molecule has 0 unspecified atom stereocenters. The van der Waals surface area contributed by atoms with E-state index in [1.165, 1.54) is 39.0 Å². The minimum absolute atomic E-state index is 0.00242. The number of aliphatic hydroxyl groups excluding tert-OH is 1. The molecule has 0 aromatic carbocycles. The van der Waals surface area contributed by atoms with Crippen LogP contribution in [0.3, 0.4) is 0 Å². The van der Waals surface area contributed by atoms with Crippen molar-refractivity contribution in [1.82, 2.24) is 19.9 Å². The number of allylic oxidation sites excluding steroid dienone is 4. The van der Waals surface area contributed by atoms with Crippen LogP contribution < -0.4 is 0 Å². The Morgan fingerprint density at radius 3 is 1.79 bits per heavy atom. The third-order valence-corrected chi connectivity index (χ3v) is 12.5. The minimum Gasteiger partial charge on any atom is -0.396 e. The van der Waals surface area contributed by atoms with E-state index in [-0.39, 0.29) is 13.0 Å². The number of aromatic amines is 4. The van der Waals surface area contributed by atoms with Gasteiger partial charge in [0.2, 0.25) is 0 Å². The maximum atomic E-state index is 12.3. The van der Waals surface area contributed by atoms with Crippen molar-refractivity contribution in [3.63, 3.8) is 0 Å². The number of H-pyrrole nitrogens is 4. The number of rotatable bonds is 10. The second kappa shape index (κ2) is 15.4. The van der Waals surface area contributed by atoms with Gasteiger partial charge in [0.1, 0.15) is 0 Å². The molecule has 7 rings (SSSR count). The lowest BCUT2D eigenvalue weighted by Crippen LogP contribution is -2.10. The molecular weight excluding hydrogens is 701 g/mol. The number of nitrogens with one attached hydrogen (secondary N) is 4. The molecule has 3 aliphatic heterocycles. The number of aliphatic imine (C=N–C) groups is 2. The zero-order valence-corrected chi connectivity index (χ0v) is 34.6.